The molecule has 2 aromatic carbocycles. The lowest BCUT2D eigenvalue weighted by atomic mass is 10.2. The summed E-state index contributed by atoms with van der Waals surface area (Å²) in [6.07, 6.45) is 0. The molecule has 25 heavy (non-hydrogen) atoms. The number of anilines is 3. The fourth-order valence-electron chi connectivity index (χ4n) is 2.14. The molecule has 132 valence electrons. The largest absolute Gasteiger partial charge is 0.374 e. The van der Waals surface area contributed by atoms with E-state index in [1.807, 2.05) is 69.3 Å². The second-order valence-electron chi connectivity index (χ2n) is 6.44. The van der Waals surface area contributed by atoms with Crippen molar-refractivity contribution in [3.05, 3.63) is 54.1 Å². The van der Waals surface area contributed by atoms with Gasteiger partial charge in [0.2, 0.25) is 11.8 Å². The molecule has 5 nitrogen and oxygen atoms in total. The van der Waals surface area contributed by atoms with Gasteiger partial charge in [-0.3, -0.25) is 9.59 Å². The number of hydrogen-bond donors (Lipinski definition) is 3. The number of carbonyl (C=O) groups is 2. The van der Waals surface area contributed by atoms with Crippen molar-refractivity contribution in [1.29, 1.82) is 0 Å². The van der Waals surface area contributed by atoms with Gasteiger partial charge in [0.1, 0.15) is 6.04 Å². The van der Waals surface area contributed by atoms with Gasteiger partial charge in [-0.1, -0.05) is 31.5 Å². The molecule has 2 amide bonds. The molecule has 2 rings (SSSR count). The monoisotopic (exact) mass is 339 g/mol. The highest BCUT2D eigenvalue weighted by Gasteiger charge is 2.13. The molecular weight excluding hydrogens is 314 g/mol. The number of amides is 2. The summed E-state index contributed by atoms with van der Waals surface area (Å²) in [6.45, 7) is 7.50. The van der Waals surface area contributed by atoms with Crippen LogP contribution in [0, 0.1) is 12.8 Å². The maximum atomic E-state index is 12.3. The summed E-state index contributed by atoms with van der Waals surface area (Å²) in [4.78, 5) is 23.9. The van der Waals surface area contributed by atoms with E-state index in [0.717, 1.165) is 22.6 Å². The fraction of sp³-hybridized carbons (Fsp3) is 0.300. The topological polar surface area (TPSA) is 70.2 Å². The van der Waals surface area contributed by atoms with Gasteiger partial charge in [-0.05, 0) is 50.2 Å². The molecule has 0 bridgehead atoms. The number of nitrogens with one attached hydrogen (secondary N) is 3. The normalized spacial score (nSPS) is 11.7. The molecule has 0 aromatic heterocycles. The smallest absolute Gasteiger partial charge is 0.246 e. The van der Waals surface area contributed by atoms with Crippen molar-refractivity contribution in [1.82, 2.24) is 0 Å². The van der Waals surface area contributed by atoms with E-state index in [2.05, 4.69) is 16.0 Å². The first-order chi connectivity index (χ1) is 11.8. The van der Waals surface area contributed by atoms with Gasteiger partial charge < -0.3 is 16.0 Å². The quantitative estimate of drug-likeness (QED) is 0.744. The zero-order valence-corrected chi connectivity index (χ0v) is 15.1. The van der Waals surface area contributed by atoms with Crippen molar-refractivity contribution in [2.45, 2.75) is 33.7 Å². The molecule has 1 atom stereocenters. The first-order valence-corrected chi connectivity index (χ1v) is 8.40. The van der Waals surface area contributed by atoms with E-state index in [0.29, 0.717) is 0 Å². The summed E-state index contributed by atoms with van der Waals surface area (Å²) in [5.41, 5.74) is 3.47. The van der Waals surface area contributed by atoms with Crippen molar-refractivity contribution >= 4 is 28.9 Å². The highest BCUT2D eigenvalue weighted by atomic mass is 16.2. The van der Waals surface area contributed by atoms with Crippen LogP contribution in [0.4, 0.5) is 17.1 Å². The average Bonchev–Trinajstić information content (AvgIpc) is 2.58. The molecule has 3 N–H and O–H groups in total. The van der Waals surface area contributed by atoms with E-state index in [1.54, 1.807) is 6.92 Å². The Morgan fingerprint density at radius 2 is 1.16 bits per heavy atom. The van der Waals surface area contributed by atoms with Crippen LogP contribution in [0.3, 0.4) is 0 Å². The van der Waals surface area contributed by atoms with Gasteiger partial charge in [0.05, 0.1) is 0 Å². The Bertz CT molecular complexity index is 722. The van der Waals surface area contributed by atoms with Gasteiger partial charge in [-0.2, -0.15) is 0 Å². The van der Waals surface area contributed by atoms with Crippen LogP contribution in [-0.2, 0) is 9.59 Å². The third kappa shape index (κ3) is 5.64. The lowest BCUT2D eigenvalue weighted by Gasteiger charge is -2.16. The standard InChI is InChI=1S/C20H25N3O2/c1-13(2)19(24)22-18-11-9-16(10-12-18)21-15(4)20(25)23-17-7-5-14(3)6-8-17/h5-13,15,21H,1-4H3,(H,22,24)(H,23,25)/t15-/m0/s1. The molecule has 0 radical (unpaired) electrons. The molecule has 0 aliphatic carbocycles. The van der Waals surface area contributed by atoms with Crippen LogP contribution < -0.4 is 16.0 Å². The van der Waals surface area contributed by atoms with E-state index >= 15 is 0 Å². The van der Waals surface area contributed by atoms with Gasteiger partial charge >= 0.3 is 0 Å². The van der Waals surface area contributed by atoms with Crippen LogP contribution in [0.2, 0.25) is 0 Å². The molecule has 2 aromatic rings. The summed E-state index contributed by atoms with van der Waals surface area (Å²) in [7, 11) is 0. The Kier molecular flexibility index (Phi) is 6.17. The van der Waals surface area contributed by atoms with Crippen molar-refractivity contribution in [2.24, 2.45) is 5.92 Å². The van der Waals surface area contributed by atoms with Crippen molar-refractivity contribution in [2.75, 3.05) is 16.0 Å². The maximum absolute atomic E-state index is 12.3. The molecule has 0 aliphatic rings. The summed E-state index contributed by atoms with van der Waals surface area (Å²) in [5, 5.41) is 8.87. The van der Waals surface area contributed by atoms with Crippen molar-refractivity contribution in [3.8, 4) is 0 Å². The second kappa shape index (κ2) is 8.33. The van der Waals surface area contributed by atoms with Gasteiger partial charge in [0.25, 0.3) is 0 Å². The predicted molar refractivity (Wildman–Crippen MR) is 103 cm³/mol. The number of aryl methyl sites for hydroxylation is 1. The Morgan fingerprint density at radius 3 is 1.68 bits per heavy atom. The minimum atomic E-state index is -0.391. The number of carbonyl (C=O) groups excluding carboxylic acids is 2. The first-order valence-electron chi connectivity index (χ1n) is 8.40. The molecule has 5 heteroatoms. The third-order valence-electron chi connectivity index (χ3n) is 3.77. The molecule has 0 heterocycles. The summed E-state index contributed by atoms with van der Waals surface area (Å²) in [5.74, 6) is -0.198. The van der Waals surface area contributed by atoms with E-state index in [1.165, 1.54) is 0 Å². The molecule has 0 unspecified atom stereocenters. The molecule has 0 saturated carbocycles. The fourth-order valence-corrected chi connectivity index (χ4v) is 2.14. The van der Waals surface area contributed by atoms with E-state index < -0.39 is 6.04 Å². The first kappa shape index (κ1) is 18.5. The lowest BCUT2D eigenvalue weighted by Crippen LogP contribution is -2.31. The van der Waals surface area contributed by atoms with E-state index in [4.69, 9.17) is 0 Å². The van der Waals surface area contributed by atoms with Crippen LogP contribution >= 0.6 is 0 Å². The minimum absolute atomic E-state index is 0.0217. The van der Waals surface area contributed by atoms with E-state index in [-0.39, 0.29) is 17.7 Å². The lowest BCUT2D eigenvalue weighted by molar-refractivity contribution is -0.119. The second-order valence-corrected chi connectivity index (χ2v) is 6.44. The highest BCUT2D eigenvalue weighted by molar-refractivity contribution is 5.96. The molecule has 0 saturated heterocycles. The molecular formula is C20H25N3O2. The van der Waals surface area contributed by atoms with Gasteiger partial charge in [0, 0.05) is 23.0 Å². The average molecular weight is 339 g/mol. The van der Waals surface area contributed by atoms with Crippen LogP contribution in [0.25, 0.3) is 0 Å². The number of benzene rings is 2. The predicted octanol–water partition coefficient (Wildman–Crippen LogP) is 4.03. The highest BCUT2D eigenvalue weighted by Crippen LogP contribution is 2.16. The van der Waals surface area contributed by atoms with Gasteiger partial charge in [-0.15, -0.1) is 0 Å². The Morgan fingerprint density at radius 1 is 0.720 bits per heavy atom. The molecule has 0 aliphatic heterocycles. The van der Waals surface area contributed by atoms with Crippen LogP contribution in [0.15, 0.2) is 48.5 Å². The van der Waals surface area contributed by atoms with Gasteiger partial charge in [0.15, 0.2) is 0 Å². The SMILES string of the molecule is Cc1ccc(NC(=O)[C@H](C)Nc2ccc(NC(=O)C(C)C)cc2)cc1. The molecule has 0 spiro atoms. The summed E-state index contributed by atoms with van der Waals surface area (Å²) >= 11 is 0. The number of hydrogen-bond acceptors (Lipinski definition) is 3. The van der Waals surface area contributed by atoms with E-state index in [9.17, 15) is 9.59 Å². The third-order valence-corrected chi connectivity index (χ3v) is 3.77. The van der Waals surface area contributed by atoms with Crippen LogP contribution in [0.5, 0.6) is 0 Å². The molecule has 0 fully saturated rings. The van der Waals surface area contributed by atoms with Crippen LogP contribution in [0.1, 0.15) is 26.3 Å². The van der Waals surface area contributed by atoms with Gasteiger partial charge in [-0.25, -0.2) is 0 Å². The Balaban J connectivity index is 1.91. The van der Waals surface area contributed by atoms with Crippen molar-refractivity contribution in [3.63, 3.8) is 0 Å². The zero-order chi connectivity index (χ0) is 18.4. The summed E-state index contributed by atoms with van der Waals surface area (Å²) in [6, 6.07) is 14.6. The zero-order valence-electron chi connectivity index (χ0n) is 15.1. The number of rotatable bonds is 6. The Hall–Kier alpha value is -2.82. The maximum Gasteiger partial charge on any atom is 0.246 e. The Labute approximate surface area is 148 Å². The van der Waals surface area contributed by atoms with Crippen molar-refractivity contribution < 1.29 is 9.59 Å². The minimum Gasteiger partial charge on any atom is -0.374 e. The summed E-state index contributed by atoms with van der Waals surface area (Å²) < 4.78 is 0. The van der Waals surface area contributed by atoms with Crippen LogP contribution in [-0.4, -0.2) is 17.9 Å².